The molecule has 0 bridgehead atoms. The van der Waals surface area contributed by atoms with E-state index in [4.69, 9.17) is 0 Å². The van der Waals surface area contributed by atoms with Gasteiger partial charge in [0, 0.05) is 20.0 Å². The molecular formula is C15H35N3O2. The number of hydrogen-bond donors (Lipinski definition) is 1. The summed E-state index contributed by atoms with van der Waals surface area (Å²) in [5, 5.41) is 0. The van der Waals surface area contributed by atoms with Gasteiger partial charge >= 0.3 is 5.97 Å². The maximum atomic E-state index is 10.2. The maximum absolute atomic E-state index is 10.2. The molecule has 5 nitrogen and oxygen atoms in total. The molecule has 0 heterocycles. The van der Waals surface area contributed by atoms with Crippen molar-refractivity contribution < 1.29 is 9.53 Å². The van der Waals surface area contributed by atoms with Gasteiger partial charge in [-0.2, -0.15) is 0 Å². The second kappa shape index (κ2) is 20.4. The quantitative estimate of drug-likeness (QED) is 0.543. The number of nitrogens with two attached hydrogens (primary N) is 1. The summed E-state index contributed by atoms with van der Waals surface area (Å²) in [5.41, 5.74) is 4.50. The summed E-state index contributed by atoms with van der Waals surface area (Å²) in [7, 11) is 7.51. The fourth-order valence-electron chi connectivity index (χ4n) is 1.18. The van der Waals surface area contributed by atoms with Gasteiger partial charge in [0.05, 0.1) is 0 Å². The summed E-state index contributed by atoms with van der Waals surface area (Å²) in [6.07, 6.45) is 4.32. The third-order valence-corrected chi connectivity index (χ3v) is 2.16. The Kier molecular flexibility index (Phi) is 24.6. The van der Waals surface area contributed by atoms with E-state index >= 15 is 0 Å². The molecule has 0 aromatic heterocycles. The lowest BCUT2D eigenvalue weighted by Crippen LogP contribution is -2.19. The molecule has 0 fully saturated rings. The number of hydrogen-bond acceptors (Lipinski definition) is 5. The summed E-state index contributed by atoms with van der Waals surface area (Å²) >= 11 is 0. The van der Waals surface area contributed by atoms with E-state index in [1.807, 2.05) is 25.1 Å². The molecule has 20 heavy (non-hydrogen) atoms. The van der Waals surface area contributed by atoms with Crippen LogP contribution in [0.3, 0.4) is 0 Å². The van der Waals surface area contributed by atoms with E-state index in [-0.39, 0.29) is 5.97 Å². The standard InChI is InChI=1S/C8H17N.C6H13NO2.CH5N/c1-4-6-8-9(3)7-5-2;1-6(8)9-5-4-7(2)3;1-2/h4H,1,5-8H2,2-3H3;4-5H2,1-3H3;2H2,1H3. The Morgan fingerprint density at radius 3 is 2.10 bits per heavy atom. The molecule has 122 valence electrons. The minimum atomic E-state index is -0.211. The average molecular weight is 289 g/mol. The summed E-state index contributed by atoms with van der Waals surface area (Å²) < 4.78 is 4.67. The van der Waals surface area contributed by atoms with Crippen LogP contribution in [0.4, 0.5) is 0 Å². The lowest BCUT2D eigenvalue weighted by Gasteiger charge is -2.12. The minimum Gasteiger partial charge on any atom is -0.465 e. The molecule has 0 aromatic carbocycles. The van der Waals surface area contributed by atoms with E-state index in [1.54, 1.807) is 0 Å². The van der Waals surface area contributed by atoms with E-state index in [0.717, 1.165) is 19.5 Å². The molecule has 0 amide bonds. The van der Waals surface area contributed by atoms with Crippen molar-refractivity contribution in [3.8, 4) is 0 Å². The first kappa shape index (κ1) is 24.1. The van der Waals surface area contributed by atoms with E-state index in [1.165, 1.54) is 26.9 Å². The smallest absolute Gasteiger partial charge is 0.302 e. The van der Waals surface area contributed by atoms with Crippen LogP contribution in [0.15, 0.2) is 12.7 Å². The van der Waals surface area contributed by atoms with Crippen molar-refractivity contribution in [1.29, 1.82) is 0 Å². The van der Waals surface area contributed by atoms with Gasteiger partial charge in [-0.25, -0.2) is 0 Å². The van der Waals surface area contributed by atoms with Gasteiger partial charge in [0.25, 0.3) is 0 Å². The van der Waals surface area contributed by atoms with E-state index < -0.39 is 0 Å². The van der Waals surface area contributed by atoms with Gasteiger partial charge in [0.15, 0.2) is 0 Å². The second-order valence-electron chi connectivity index (χ2n) is 4.52. The maximum Gasteiger partial charge on any atom is 0.302 e. The number of ether oxygens (including phenoxy) is 1. The SMILES string of the molecule is C=CCCN(C)CCC.CC(=O)OCCN(C)C.CN. The highest BCUT2D eigenvalue weighted by Gasteiger charge is 1.92. The second-order valence-corrected chi connectivity index (χ2v) is 4.52. The topological polar surface area (TPSA) is 58.8 Å². The first-order chi connectivity index (χ1) is 9.43. The first-order valence-electron chi connectivity index (χ1n) is 7.09. The van der Waals surface area contributed by atoms with Crippen LogP contribution < -0.4 is 5.73 Å². The molecule has 0 saturated heterocycles. The summed E-state index contributed by atoms with van der Waals surface area (Å²) in [6.45, 7) is 10.9. The predicted molar refractivity (Wildman–Crippen MR) is 87.9 cm³/mol. The number of likely N-dealkylation sites (N-methyl/N-ethyl adjacent to an activating group) is 1. The number of nitrogens with zero attached hydrogens (tertiary/aromatic N) is 2. The number of carbonyl (C=O) groups excluding carboxylic acids is 1. The van der Waals surface area contributed by atoms with E-state index in [0.29, 0.717) is 6.61 Å². The lowest BCUT2D eigenvalue weighted by molar-refractivity contribution is -0.141. The molecule has 0 radical (unpaired) electrons. The third-order valence-electron chi connectivity index (χ3n) is 2.16. The van der Waals surface area contributed by atoms with Crippen LogP contribution in [-0.2, 0) is 9.53 Å². The highest BCUT2D eigenvalue weighted by atomic mass is 16.5. The normalized spacial score (nSPS) is 9.25. The van der Waals surface area contributed by atoms with Gasteiger partial charge in [-0.1, -0.05) is 13.0 Å². The summed E-state index contributed by atoms with van der Waals surface area (Å²) in [5.74, 6) is -0.211. The fourth-order valence-corrected chi connectivity index (χ4v) is 1.18. The van der Waals surface area contributed by atoms with Gasteiger partial charge in [-0.05, 0) is 47.6 Å². The van der Waals surface area contributed by atoms with Crippen molar-refractivity contribution in [3.63, 3.8) is 0 Å². The lowest BCUT2D eigenvalue weighted by atomic mass is 10.3. The Hall–Kier alpha value is -0.910. The van der Waals surface area contributed by atoms with Gasteiger partial charge in [-0.15, -0.1) is 6.58 Å². The van der Waals surface area contributed by atoms with Gasteiger partial charge in [0.1, 0.15) is 6.61 Å². The van der Waals surface area contributed by atoms with Crippen LogP contribution in [0.1, 0.15) is 26.7 Å². The van der Waals surface area contributed by atoms with Crippen LogP contribution in [0, 0.1) is 0 Å². The van der Waals surface area contributed by atoms with Crippen molar-refractivity contribution in [2.75, 3.05) is 54.4 Å². The van der Waals surface area contributed by atoms with Crippen LogP contribution in [0.2, 0.25) is 0 Å². The van der Waals surface area contributed by atoms with Gasteiger partial charge in [-0.3, -0.25) is 4.79 Å². The third kappa shape index (κ3) is 30.3. The van der Waals surface area contributed by atoms with Crippen LogP contribution >= 0.6 is 0 Å². The highest BCUT2D eigenvalue weighted by molar-refractivity contribution is 5.65. The molecule has 0 atom stereocenters. The fraction of sp³-hybridized carbons (Fsp3) is 0.800. The Balaban J connectivity index is -0.000000257. The molecule has 0 aliphatic heterocycles. The number of carbonyl (C=O) groups is 1. The van der Waals surface area contributed by atoms with Crippen LogP contribution in [0.5, 0.6) is 0 Å². The summed E-state index contributed by atoms with van der Waals surface area (Å²) in [4.78, 5) is 14.5. The largest absolute Gasteiger partial charge is 0.465 e. The number of rotatable bonds is 8. The number of esters is 1. The molecule has 2 N–H and O–H groups in total. The predicted octanol–water partition coefficient (Wildman–Crippen LogP) is 1.59. The molecule has 5 heteroatoms. The molecule has 0 aliphatic rings. The first-order valence-corrected chi connectivity index (χ1v) is 7.09. The van der Waals surface area contributed by atoms with Crippen molar-refractivity contribution >= 4 is 5.97 Å². The van der Waals surface area contributed by atoms with Gasteiger partial charge in [0.2, 0.25) is 0 Å². The van der Waals surface area contributed by atoms with Gasteiger partial charge < -0.3 is 20.3 Å². The van der Waals surface area contributed by atoms with Crippen LogP contribution in [0.25, 0.3) is 0 Å². The van der Waals surface area contributed by atoms with E-state index in [2.05, 4.69) is 35.9 Å². The van der Waals surface area contributed by atoms with Crippen molar-refractivity contribution in [2.24, 2.45) is 5.73 Å². The zero-order valence-electron chi connectivity index (χ0n) is 14.3. The highest BCUT2D eigenvalue weighted by Crippen LogP contribution is 1.88. The van der Waals surface area contributed by atoms with Crippen molar-refractivity contribution in [2.45, 2.75) is 26.7 Å². The Bertz CT molecular complexity index is 209. The Morgan fingerprint density at radius 1 is 1.20 bits per heavy atom. The molecule has 0 aromatic rings. The zero-order valence-corrected chi connectivity index (χ0v) is 14.3. The summed E-state index contributed by atoms with van der Waals surface area (Å²) in [6, 6.07) is 0. The Labute approximate surface area is 125 Å². The van der Waals surface area contributed by atoms with Crippen molar-refractivity contribution in [1.82, 2.24) is 9.80 Å². The molecule has 0 unspecified atom stereocenters. The minimum absolute atomic E-state index is 0.211. The Morgan fingerprint density at radius 2 is 1.75 bits per heavy atom. The molecule has 0 rings (SSSR count). The van der Waals surface area contributed by atoms with E-state index in [9.17, 15) is 4.79 Å². The monoisotopic (exact) mass is 289 g/mol. The van der Waals surface area contributed by atoms with Crippen molar-refractivity contribution in [3.05, 3.63) is 12.7 Å². The average Bonchev–Trinajstić information content (AvgIpc) is 2.39. The molecule has 0 spiro atoms. The zero-order chi connectivity index (χ0) is 16.4. The molecular weight excluding hydrogens is 254 g/mol. The molecule has 0 saturated carbocycles. The molecule has 0 aliphatic carbocycles. The van der Waals surface area contributed by atoms with Crippen LogP contribution in [-0.4, -0.2) is 70.2 Å².